The fourth-order valence-electron chi connectivity index (χ4n) is 5.75. The Hall–Kier alpha value is -2.09. The van der Waals surface area contributed by atoms with Gasteiger partial charge in [0.25, 0.3) is 0 Å². The van der Waals surface area contributed by atoms with Gasteiger partial charge >= 0.3 is 12.1 Å². The summed E-state index contributed by atoms with van der Waals surface area (Å²) in [4.78, 5) is 26.4. The summed E-state index contributed by atoms with van der Waals surface area (Å²) >= 11 is 0. The maximum atomic E-state index is 12.6. The van der Waals surface area contributed by atoms with Gasteiger partial charge < -0.3 is 19.7 Å². The van der Waals surface area contributed by atoms with Crippen LogP contribution in [0.25, 0.3) is 0 Å². The summed E-state index contributed by atoms with van der Waals surface area (Å²) in [7, 11) is 1.42. The van der Waals surface area contributed by atoms with Crippen LogP contribution in [0.5, 0.6) is 0 Å². The fourth-order valence-corrected chi connectivity index (χ4v) is 5.75. The van der Waals surface area contributed by atoms with E-state index in [4.69, 9.17) is 9.47 Å². The molecule has 192 valence electrons. The van der Waals surface area contributed by atoms with Gasteiger partial charge in [-0.25, -0.2) is 4.79 Å². The number of ether oxygens (including phenoxy) is 2. The third kappa shape index (κ3) is 5.58. The summed E-state index contributed by atoms with van der Waals surface area (Å²) in [6.07, 6.45) is 8.99. The van der Waals surface area contributed by atoms with E-state index in [1.54, 1.807) is 4.90 Å². The summed E-state index contributed by atoms with van der Waals surface area (Å²) in [6, 6.07) is 0. The second-order valence-electron chi connectivity index (χ2n) is 11.1. The van der Waals surface area contributed by atoms with Crippen molar-refractivity contribution in [3.05, 3.63) is 17.5 Å². The van der Waals surface area contributed by atoms with E-state index >= 15 is 0 Å². The smallest absolute Gasteiger partial charge is 0.409 e. The van der Waals surface area contributed by atoms with E-state index in [0.717, 1.165) is 57.9 Å². The van der Waals surface area contributed by atoms with Gasteiger partial charge in [0, 0.05) is 36.7 Å². The molecule has 2 fully saturated rings. The van der Waals surface area contributed by atoms with Crippen molar-refractivity contribution in [2.75, 3.05) is 26.7 Å². The molecule has 1 aliphatic carbocycles. The van der Waals surface area contributed by atoms with Crippen LogP contribution in [0.3, 0.4) is 0 Å². The summed E-state index contributed by atoms with van der Waals surface area (Å²) in [5, 5.41) is 11.0. The van der Waals surface area contributed by atoms with Gasteiger partial charge in [-0.3, -0.25) is 9.89 Å². The Bertz CT molecular complexity index is 832. The predicted octanol–water partition coefficient (Wildman–Crippen LogP) is 4.56. The lowest BCUT2D eigenvalue weighted by atomic mass is 9.69. The molecule has 1 spiro atoms. The first kappa shape index (κ1) is 26.5. The maximum absolute atomic E-state index is 12.6. The van der Waals surface area contributed by atoms with Gasteiger partial charge in [-0.15, -0.1) is 0 Å². The van der Waals surface area contributed by atoms with Crippen molar-refractivity contribution >= 4 is 12.1 Å². The number of carbonyl (C=O) groups is 2. The third-order valence-corrected chi connectivity index (χ3v) is 8.10. The van der Waals surface area contributed by atoms with Crippen molar-refractivity contribution in [1.29, 1.82) is 0 Å². The molecule has 0 unspecified atom stereocenters. The number of aromatic amines is 1. The Labute approximate surface area is 204 Å². The SMILES string of the molecule is CCC1(CC)CC2(CCC(c3[nH]ncc3CCNCCN(C(=O)OC)C(C)(C)C)CC2)OC1=O. The first-order valence-electron chi connectivity index (χ1n) is 12.9. The van der Waals surface area contributed by atoms with E-state index in [-0.39, 0.29) is 28.6 Å². The summed E-state index contributed by atoms with van der Waals surface area (Å²) in [6.45, 7) is 12.3. The number of rotatable bonds is 9. The standard InChI is InChI=1S/C26H44N4O4/c1-7-25(8-2)18-26(34-22(25)31)12-9-19(10-13-26)21-20(17-28-29-21)11-14-27-15-16-30(23(32)33-6)24(3,4)5/h17,19,27H,7-16,18H2,1-6H3,(H,28,29). The van der Waals surface area contributed by atoms with E-state index in [9.17, 15) is 9.59 Å². The van der Waals surface area contributed by atoms with Crippen molar-refractivity contribution in [1.82, 2.24) is 20.4 Å². The molecule has 1 amide bonds. The second-order valence-corrected chi connectivity index (χ2v) is 11.1. The maximum Gasteiger partial charge on any atom is 0.409 e. The monoisotopic (exact) mass is 476 g/mol. The van der Waals surface area contributed by atoms with Gasteiger partial charge in [-0.1, -0.05) is 13.8 Å². The predicted molar refractivity (Wildman–Crippen MR) is 132 cm³/mol. The van der Waals surface area contributed by atoms with Crippen LogP contribution in [-0.2, 0) is 20.7 Å². The van der Waals surface area contributed by atoms with Gasteiger partial charge in [0.05, 0.1) is 18.7 Å². The summed E-state index contributed by atoms with van der Waals surface area (Å²) in [5.74, 6) is 0.442. The molecule has 1 aromatic rings. The topological polar surface area (TPSA) is 96.6 Å². The molecule has 1 aliphatic heterocycles. The van der Waals surface area contributed by atoms with Crippen LogP contribution in [0.4, 0.5) is 4.79 Å². The molecule has 2 heterocycles. The molecule has 1 saturated heterocycles. The highest BCUT2D eigenvalue weighted by Crippen LogP contribution is 2.53. The van der Waals surface area contributed by atoms with Crippen molar-refractivity contribution in [2.24, 2.45) is 5.41 Å². The molecule has 0 aromatic carbocycles. The number of hydrogen-bond acceptors (Lipinski definition) is 6. The van der Waals surface area contributed by atoms with E-state index < -0.39 is 0 Å². The van der Waals surface area contributed by atoms with E-state index in [1.165, 1.54) is 18.4 Å². The number of nitrogens with zero attached hydrogens (tertiary/aromatic N) is 2. The molecule has 3 rings (SSSR count). The van der Waals surface area contributed by atoms with Crippen LogP contribution in [0.1, 0.15) is 96.7 Å². The highest BCUT2D eigenvalue weighted by atomic mass is 16.6. The Morgan fingerprint density at radius 2 is 1.94 bits per heavy atom. The van der Waals surface area contributed by atoms with Crippen molar-refractivity contribution in [3.63, 3.8) is 0 Å². The molecule has 1 aromatic heterocycles. The minimum atomic E-state index is -0.301. The average molecular weight is 477 g/mol. The lowest BCUT2D eigenvalue weighted by molar-refractivity contribution is -0.156. The first-order chi connectivity index (χ1) is 16.1. The largest absolute Gasteiger partial charge is 0.459 e. The fraction of sp³-hybridized carbons (Fsp3) is 0.808. The lowest BCUT2D eigenvalue weighted by Gasteiger charge is -2.36. The number of carbonyl (C=O) groups excluding carboxylic acids is 2. The van der Waals surface area contributed by atoms with Gasteiger partial charge in [0.15, 0.2) is 0 Å². The van der Waals surface area contributed by atoms with E-state index in [1.807, 2.05) is 27.0 Å². The molecule has 0 radical (unpaired) electrons. The van der Waals surface area contributed by atoms with Crippen molar-refractivity contribution in [3.8, 4) is 0 Å². The molecule has 34 heavy (non-hydrogen) atoms. The van der Waals surface area contributed by atoms with E-state index in [0.29, 0.717) is 19.0 Å². The van der Waals surface area contributed by atoms with E-state index in [2.05, 4.69) is 29.4 Å². The Morgan fingerprint density at radius 3 is 2.50 bits per heavy atom. The van der Waals surface area contributed by atoms with Crippen molar-refractivity contribution in [2.45, 2.75) is 103 Å². The van der Waals surface area contributed by atoms with Crippen LogP contribution >= 0.6 is 0 Å². The van der Waals surface area contributed by atoms with Gasteiger partial charge in [-0.2, -0.15) is 5.10 Å². The lowest BCUT2D eigenvalue weighted by Crippen LogP contribution is -2.48. The Kier molecular flexibility index (Phi) is 8.32. The molecule has 2 N–H and O–H groups in total. The van der Waals surface area contributed by atoms with Crippen LogP contribution < -0.4 is 5.32 Å². The van der Waals surface area contributed by atoms with Crippen LogP contribution in [-0.4, -0.2) is 65.0 Å². The zero-order chi connectivity index (χ0) is 25.0. The Morgan fingerprint density at radius 1 is 1.26 bits per heavy atom. The molecule has 2 aliphatic rings. The third-order valence-electron chi connectivity index (χ3n) is 8.10. The number of amides is 1. The van der Waals surface area contributed by atoms with Crippen molar-refractivity contribution < 1.29 is 19.1 Å². The van der Waals surface area contributed by atoms with Gasteiger partial charge in [-0.05, 0) is 77.8 Å². The summed E-state index contributed by atoms with van der Waals surface area (Å²) < 4.78 is 11.0. The molecular formula is C26H44N4O4. The zero-order valence-electron chi connectivity index (χ0n) is 22.0. The van der Waals surface area contributed by atoms with Gasteiger partial charge in [0.1, 0.15) is 5.60 Å². The summed E-state index contributed by atoms with van der Waals surface area (Å²) in [5.41, 5.74) is 1.64. The molecule has 0 bridgehead atoms. The van der Waals surface area contributed by atoms with Crippen LogP contribution in [0.15, 0.2) is 6.20 Å². The number of hydrogen-bond donors (Lipinski definition) is 2. The highest BCUT2D eigenvalue weighted by Gasteiger charge is 2.55. The number of aromatic nitrogens is 2. The van der Waals surface area contributed by atoms with Gasteiger partial charge in [0.2, 0.25) is 0 Å². The molecule has 0 atom stereocenters. The minimum Gasteiger partial charge on any atom is -0.459 e. The molecule has 8 heteroatoms. The normalized spacial score (nSPS) is 24.3. The second kappa shape index (κ2) is 10.7. The number of methoxy groups -OCH3 is 1. The highest BCUT2D eigenvalue weighted by molar-refractivity contribution is 5.79. The van der Waals surface area contributed by atoms with Crippen LogP contribution in [0.2, 0.25) is 0 Å². The Balaban J connectivity index is 1.49. The number of H-pyrrole nitrogens is 1. The first-order valence-corrected chi connectivity index (χ1v) is 12.9. The molecule has 1 saturated carbocycles. The molecular weight excluding hydrogens is 432 g/mol. The zero-order valence-corrected chi connectivity index (χ0v) is 22.0. The molecule has 8 nitrogen and oxygen atoms in total. The number of nitrogens with one attached hydrogen (secondary N) is 2. The van der Waals surface area contributed by atoms with Crippen LogP contribution in [0, 0.1) is 5.41 Å². The average Bonchev–Trinajstić information content (AvgIpc) is 3.37. The minimum absolute atomic E-state index is 0.0153. The quantitative estimate of drug-likeness (QED) is 0.401. The number of esters is 1.